The van der Waals surface area contributed by atoms with Crippen LogP contribution in [-0.4, -0.2) is 22.8 Å². The molecule has 10 unspecified atom stereocenters. The molecule has 0 aromatic rings. The fraction of sp³-hybridized carbons (Fsp3) is 1.00. The zero-order valence-electron chi connectivity index (χ0n) is 16.6. The van der Waals surface area contributed by atoms with E-state index in [0.717, 1.165) is 25.7 Å². The molecule has 0 bridgehead atoms. The Hall–Kier alpha value is 0.500. The van der Waals surface area contributed by atoms with Crippen molar-refractivity contribution >= 4 is 23.2 Å². The molecule has 0 amide bonds. The van der Waals surface area contributed by atoms with Crippen molar-refractivity contribution in [2.45, 2.75) is 95.5 Å². The van der Waals surface area contributed by atoms with E-state index in [1.807, 2.05) is 0 Å². The van der Waals surface area contributed by atoms with Crippen molar-refractivity contribution < 1.29 is 0 Å². The summed E-state index contributed by atoms with van der Waals surface area (Å²) in [5.41, 5.74) is 12.8. The summed E-state index contributed by atoms with van der Waals surface area (Å²) in [5.74, 6) is 3.85. The van der Waals surface area contributed by atoms with Crippen molar-refractivity contribution in [3.05, 3.63) is 0 Å². The SMILES string of the molecule is CCC1CC(N)C(Cl)C(CC)C1CC1C(CC)CC(N)C(Cl)C1CC. The van der Waals surface area contributed by atoms with Gasteiger partial charge in [-0.25, -0.2) is 0 Å². The molecule has 2 fully saturated rings. The van der Waals surface area contributed by atoms with Crippen LogP contribution in [0.15, 0.2) is 0 Å². The lowest BCUT2D eigenvalue weighted by molar-refractivity contribution is 0.0469. The first-order chi connectivity index (χ1) is 11.9. The van der Waals surface area contributed by atoms with E-state index in [9.17, 15) is 0 Å². The van der Waals surface area contributed by atoms with E-state index in [2.05, 4.69) is 27.7 Å². The molecule has 148 valence electrons. The summed E-state index contributed by atoms with van der Waals surface area (Å²) >= 11 is 13.6. The smallest absolute Gasteiger partial charge is 0.0518 e. The minimum atomic E-state index is 0.121. The zero-order valence-corrected chi connectivity index (χ0v) is 18.1. The van der Waals surface area contributed by atoms with Crippen LogP contribution in [0.2, 0.25) is 0 Å². The Bertz CT molecular complexity index is 369. The van der Waals surface area contributed by atoms with Gasteiger partial charge in [0.05, 0.1) is 10.8 Å². The molecule has 0 heterocycles. The normalized spacial score (nSPS) is 48.5. The number of halogens is 2. The van der Waals surface area contributed by atoms with Gasteiger partial charge in [0.1, 0.15) is 0 Å². The van der Waals surface area contributed by atoms with Gasteiger partial charge in [-0.2, -0.15) is 0 Å². The Balaban J connectivity index is 2.25. The van der Waals surface area contributed by atoms with Crippen molar-refractivity contribution in [1.82, 2.24) is 0 Å². The number of hydrogen-bond acceptors (Lipinski definition) is 2. The average Bonchev–Trinajstić information content (AvgIpc) is 2.61. The van der Waals surface area contributed by atoms with Gasteiger partial charge in [-0.05, 0) is 54.8 Å². The summed E-state index contributed by atoms with van der Waals surface area (Å²) in [4.78, 5) is 0. The lowest BCUT2D eigenvalue weighted by Gasteiger charge is -2.50. The van der Waals surface area contributed by atoms with Crippen LogP contribution in [-0.2, 0) is 0 Å². The molecule has 4 heteroatoms. The van der Waals surface area contributed by atoms with Gasteiger partial charge < -0.3 is 11.5 Å². The highest BCUT2D eigenvalue weighted by molar-refractivity contribution is 6.21. The lowest BCUT2D eigenvalue weighted by atomic mass is 9.59. The van der Waals surface area contributed by atoms with Gasteiger partial charge in [0, 0.05) is 12.1 Å². The summed E-state index contributed by atoms with van der Waals surface area (Å²) in [6, 6.07) is 0.301. The number of hydrogen-bond donors (Lipinski definition) is 2. The maximum atomic E-state index is 6.79. The van der Waals surface area contributed by atoms with Gasteiger partial charge in [-0.15, -0.1) is 23.2 Å². The van der Waals surface area contributed by atoms with Gasteiger partial charge in [-0.3, -0.25) is 0 Å². The number of rotatable bonds is 6. The van der Waals surface area contributed by atoms with Crippen molar-refractivity contribution in [2.75, 3.05) is 0 Å². The summed E-state index contributed by atoms with van der Waals surface area (Å²) in [6.45, 7) is 9.21. The lowest BCUT2D eigenvalue weighted by Crippen LogP contribution is -2.52. The van der Waals surface area contributed by atoms with E-state index < -0.39 is 0 Å². The van der Waals surface area contributed by atoms with E-state index >= 15 is 0 Å². The van der Waals surface area contributed by atoms with Gasteiger partial charge in [0.15, 0.2) is 0 Å². The first-order valence-electron chi connectivity index (χ1n) is 10.7. The maximum absolute atomic E-state index is 6.79. The first kappa shape index (κ1) is 21.8. The van der Waals surface area contributed by atoms with Crippen LogP contribution in [0.25, 0.3) is 0 Å². The van der Waals surface area contributed by atoms with Crippen LogP contribution in [0.1, 0.15) is 72.6 Å². The molecule has 2 aliphatic rings. The Labute approximate surface area is 165 Å². The van der Waals surface area contributed by atoms with E-state index in [-0.39, 0.29) is 22.8 Å². The van der Waals surface area contributed by atoms with Crippen LogP contribution >= 0.6 is 23.2 Å². The monoisotopic (exact) mass is 390 g/mol. The minimum absolute atomic E-state index is 0.121. The highest BCUT2D eigenvalue weighted by Crippen LogP contribution is 2.49. The van der Waals surface area contributed by atoms with E-state index in [0.29, 0.717) is 35.5 Å². The third-order valence-corrected chi connectivity index (χ3v) is 8.93. The second-order valence-corrected chi connectivity index (χ2v) is 9.74. The predicted octanol–water partition coefficient (Wildman–Crippen LogP) is 5.39. The van der Waals surface area contributed by atoms with Crippen LogP contribution in [0.4, 0.5) is 0 Å². The molecule has 0 saturated heterocycles. The average molecular weight is 391 g/mol. The first-order valence-corrected chi connectivity index (χ1v) is 11.6. The Morgan fingerprint density at radius 3 is 1.28 bits per heavy atom. The summed E-state index contributed by atoms with van der Waals surface area (Å²) in [6.07, 6.45) is 8.11. The van der Waals surface area contributed by atoms with Crippen molar-refractivity contribution in [2.24, 2.45) is 47.0 Å². The second-order valence-electron chi connectivity index (χ2n) is 8.73. The maximum Gasteiger partial charge on any atom is 0.0518 e. The molecule has 4 N–H and O–H groups in total. The van der Waals surface area contributed by atoms with Gasteiger partial charge in [0.2, 0.25) is 0 Å². The molecule has 0 aromatic carbocycles. The third kappa shape index (κ3) is 4.50. The zero-order chi connectivity index (χ0) is 18.7. The van der Waals surface area contributed by atoms with E-state index in [1.54, 1.807) is 0 Å². The van der Waals surface area contributed by atoms with Gasteiger partial charge in [0.25, 0.3) is 0 Å². The van der Waals surface area contributed by atoms with Crippen LogP contribution < -0.4 is 11.5 Å². The van der Waals surface area contributed by atoms with E-state index in [4.69, 9.17) is 34.7 Å². The summed E-state index contributed by atoms with van der Waals surface area (Å²) in [5, 5.41) is 0.242. The topological polar surface area (TPSA) is 52.0 Å². The quantitative estimate of drug-likeness (QED) is 0.597. The highest BCUT2D eigenvalue weighted by atomic mass is 35.5. The standard InChI is InChI=1S/C21H40Cl2N2/c1-5-12-9-18(24)20(22)14(7-3)16(12)11-17-13(6-2)10-19(25)21(23)15(17)8-4/h12-21H,5-11,24-25H2,1-4H3. The molecular weight excluding hydrogens is 351 g/mol. The van der Waals surface area contributed by atoms with Crippen LogP contribution in [0.3, 0.4) is 0 Å². The number of alkyl halides is 2. The summed E-state index contributed by atoms with van der Waals surface area (Å²) in [7, 11) is 0. The second kappa shape index (κ2) is 9.62. The van der Waals surface area contributed by atoms with Crippen molar-refractivity contribution in [3.63, 3.8) is 0 Å². The molecule has 10 atom stereocenters. The Morgan fingerprint density at radius 2 is 1.00 bits per heavy atom. The molecular formula is C21H40Cl2N2. The Morgan fingerprint density at radius 1 is 0.640 bits per heavy atom. The van der Waals surface area contributed by atoms with Gasteiger partial charge >= 0.3 is 0 Å². The van der Waals surface area contributed by atoms with Crippen molar-refractivity contribution in [1.29, 1.82) is 0 Å². The molecule has 0 aliphatic heterocycles. The molecule has 0 aromatic heterocycles. The minimum Gasteiger partial charge on any atom is -0.326 e. The van der Waals surface area contributed by atoms with E-state index in [1.165, 1.54) is 19.3 Å². The number of nitrogens with two attached hydrogens (primary N) is 2. The molecule has 2 aliphatic carbocycles. The predicted molar refractivity (Wildman–Crippen MR) is 111 cm³/mol. The molecule has 2 saturated carbocycles. The fourth-order valence-electron chi connectivity index (χ4n) is 6.16. The summed E-state index contributed by atoms with van der Waals surface area (Å²) < 4.78 is 0. The molecule has 2 rings (SSSR count). The molecule has 0 radical (unpaired) electrons. The fourth-order valence-corrected chi connectivity index (χ4v) is 7.09. The third-order valence-electron chi connectivity index (χ3n) is 7.63. The molecule has 0 spiro atoms. The largest absolute Gasteiger partial charge is 0.326 e. The molecule has 25 heavy (non-hydrogen) atoms. The van der Waals surface area contributed by atoms with Crippen LogP contribution in [0, 0.1) is 35.5 Å². The van der Waals surface area contributed by atoms with Crippen molar-refractivity contribution in [3.8, 4) is 0 Å². The van der Waals surface area contributed by atoms with Gasteiger partial charge in [-0.1, -0.05) is 53.4 Å². The Kier molecular flexibility index (Phi) is 8.39. The highest BCUT2D eigenvalue weighted by Gasteiger charge is 2.46. The van der Waals surface area contributed by atoms with Crippen LogP contribution in [0.5, 0.6) is 0 Å². The molecule has 2 nitrogen and oxygen atoms in total.